The second-order valence-corrected chi connectivity index (χ2v) is 7.20. The molecule has 0 bridgehead atoms. The Labute approximate surface area is 135 Å². The van der Waals surface area contributed by atoms with Crippen molar-refractivity contribution >= 4 is 33.3 Å². The van der Waals surface area contributed by atoms with E-state index in [1.54, 1.807) is 23.1 Å². The summed E-state index contributed by atoms with van der Waals surface area (Å²) in [6.45, 7) is 1.58. The number of nitrogens with zero attached hydrogens (tertiary/aromatic N) is 5. The number of ether oxygens (including phenoxy) is 1. The minimum absolute atomic E-state index is 0.241. The lowest BCUT2D eigenvalue weighted by Gasteiger charge is -2.09. The lowest BCUT2D eigenvalue weighted by Crippen LogP contribution is -2.16. The van der Waals surface area contributed by atoms with E-state index in [4.69, 9.17) is 4.74 Å². The predicted molar refractivity (Wildman–Crippen MR) is 86.0 cm³/mol. The Morgan fingerprint density at radius 3 is 3.18 bits per heavy atom. The smallest absolute Gasteiger partial charge is 0.209 e. The van der Waals surface area contributed by atoms with Crippen molar-refractivity contribution in [3.8, 4) is 0 Å². The van der Waals surface area contributed by atoms with Crippen molar-refractivity contribution in [2.75, 3.05) is 6.61 Å². The molecule has 1 fully saturated rings. The molecule has 8 heteroatoms. The van der Waals surface area contributed by atoms with E-state index in [9.17, 15) is 0 Å². The first-order valence-corrected chi connectivity index (χ1v) is 9.04. The molecule has 0 N–H and O–H groups in total. The van der Waals surface area contributed by atoms with Gasteiger partial charge in [-0.3, -0.25) is 0 Å². The van der Waals surface area contributed by atoms with Gasteiger partial charge in [-0.2, -0.15) is 0 Å². The van der Waals surface area contributed by atoms with E-state index in [1.165, 1.54) is 4.70 Å². The summed E-state index contributed by atoms with van der Waals surface area (Å²) in [6, 6.07) is 8.20. The fraction of sp³-hybridized carbons (Fsp3) is 0.429. The molecule has 1 aliphatic rings. The van der Waals surface area contributed by atoms with E-state index >= 15 is 0 Å². The molecule has 1 saturated heterocycles. The molecular formula is C14H15N5OS2. The number of para-hydroxylation sites is 1. The molecule has 22 heavy (non-hydrogen) atoms. The molecule has 1 atom stereocenters. The first-order valence-electron chi connectivity index (χ1n) is 7.23. The third-order valence-corrected chi connectivity index (χ3v) is 5.75. The van der Waals surface area contributed by atoms with Crippen LogP contribution in [0.5, 0.6) is 0 Å². The van der Waals surface area contributed by atoms with Crippen molar-refractivity contribution in [1.82, 2.24) is 25.2 Å². The van der Waals surface area contributed by atoms with Gasteiger partial charge in [0.1, 0.15) is 5.01 Å². The molecule has 1 aliphatic heterocycles. The highest BCUT2D eigenvalue weighted by molar-refractivity contribution is 7.98. The minimum Gasteiger partial charge on any atom is -0.376 e. The van der Waals surface area contributed by atoms with Crippen molar-refractivity contribution < 1.29 is 4.74 Å². The Morgan fingerprint density at radius 1 is 1.36 bits per heavy atom. The Hall–Kier alpha value is -1.51. The van der Waals surface area contributed by atoms with Crippen LogP contribution >= 0.6 is 23.1 Å². The summed E-state index contributed by atoms with van der Waals surface area (Å²) in [5.74, 6) is 0.783. The molecule has 1 aromatic carbocycles. The highest BCUT2D eigenvalue weighted by atomic mass is 32.2. The number of tetrazole rings is 1. The Bertz CT molecular complexity index is 732. The lowest BCUT2D eigenvalue weighted by molar-refractivity contribution is 0.0912. The van der Waals surface area contributed by atoms with Gasteiger partial charge in [0, 0.05) is 6.61 Å². The number of hydrogen-bond acceptors (Lipinski definition) is 7. The number of benzene rings is 1. The summed E-state index contributed by atoms with van der Waals surface area (Å²) in [7, 11) is 0. The van der Waals surface area contributed by atoms with E-state index in [0.29, 0.717) is 0 Å². The van der Waals surface area contributed by atoms with Crippen molar-refractivity contribution in [2.24, 2.45) is 0 Å². The normalized spacial score (nSPS) is 18.3. The molecule has 0 radical (unpaired) electrons. The molecule has 3 aromatic rings. The quantitative estimate of drug-likeness (QED) is 0.669. The predicted octanol–water partition coefficient (Wildman–Crippen LogP) is 2.75. The van der Waals surface area contributed by atoms with Crippen molar-refractivity contribution in [2.45, 2.75) is 36.4 Å². The zero-order chi connectivity index (χ0) is 14.8. The molecule has 2 aromatic heterocycles. The fourth-order valence-corrected chi connectivity index (χ4v) is 4.35. The largest absolute Gasteiger partial charge is 0.376 e. The summed E-state index contributed by atoms with van der Waals surface area (Å²) < 4.78 is 8.71. The monoisotopic (exact) mass is 333 g/mol. The van der Waals surface area contributed by atoms with Gasteiger partial charge >= 0.3 is 0 Å². The average molecular weight is 333 g/mol. The maximum Gasteiger partial charge on any atom is 0.209 e. The number of rotatable bonds is 5. The zero-order valence-corrected chi connectivity index (χ0v) is 13.5. The van der Waals surface area contributed by atoms with Crippen LogP contribution in [-0.2, 0) is 17.0 Å². The first kappa shape index (κ1) is 14.1. The molecule has 4 rings (SSSR count). The van der Waals surface area contributed by atoms with E-state index in [1.807, 2.05) is 22.9 Å². The van der Waals surface area contributed by atoms with Crippen LogP contribution in [0, 0.1) is 0 Å². The molecule has 0 saturated carbocycles. The van der Waals surface area contributed by atoms with Gasteiger partial charge in [0.15, 0.2) is 0 Å². The van der Waals surface area contributed by atoms with Crippen molar-refractivity contribution in [1.29, 1.82) is 0 Å². The zero-order valence-electron chi connectivity index (χ0n) is 11.9. The van der Waals surface area contributed by atoms with Crippen LogP contribution in [0.25, 0.3) is 10.2 Å². The Morgan fingerprint density at radius 2 is 2.32 bits per heavy atom. The van der Waals surface area contributed by atoms with Crippen LogP contribution in [0.4, 0.5) is 0 Å². The molecule has 0 spiro atoms. The summed E-state index contributed by atoms with van der Waals surface area (Å²) in [4.78, 5) is 4.64. The van der Waals surface area contributed by atoms with Gasteiger partial charge in [-0.05, 0) is 35.4 Å². The third-order valence-electron chi connectivity index (χ3n) is 3.56. The Balaban J connectivity index is 1.44. The van der Waals surface area contributed by atoms with Gasteiger partial charge in [-0.25, -0.2) is 9.67 Å². The van der Waals surface area contributed by atoms with Gasteiger partial charge < -0.3 is 4.74 Å². The van der Waals surface area contributed by atoms with E-state index in [2.05, 4.69) is 26.6 Å². The Kier molecular flexibility index (Phi) is 4.05. The lowest BCUT2D eigenvalue weighted by atomic mass is 10.2. The maximum absolute atomic E-state index is 5.65. The van der Waals surface area contributed by atoms with Crippen LogP contribution in [0.3, 0.4) is 0 Å². The minimum atomic E-state index is 0.241. The molecule has 6 nitrogen and oxygen atoms in total. The van der Waals surface area contributed by atoms with Crippen LogP contribution in [0.15, 0.2) is 29.4 Å². The van der Waals surface area contributed by atoms with Crippen LogP contribution in [0.1, 0.15) is 17.8 Å². The summed E-state index contributed by atoms with van der Waals surface area (Å²) >= 11 is 3.35. The number of aromatic nitrogens is 5. The second-order valence-electron chi connectivity index (χ2n) is 5.14. The van der Waals surface area contributed by atoms with Crippen LogP contribution < -0.4 is 0 Å². The number of thioether (sulfide) groups is 1. The van der Waals surface area contributed by atoms with Gasteiger partial charge in [0.2, 0.25) is 5.16 Å². The van der Waals surface area contributed by atoms with E-state index in [0.717, 1.165) is 47.4 Å². The third kappa shape index (κ3) is 2.99. The molecule has 114 valence electrons. The van der Waals surface area contributed by atoms with Gasteiger partial charge in [0.25, 0.3) is 0 Å². The fourth-order valence-electron chi connectivity index (χ4n) is 2.50. The van der Waals surface area contributed by atoms with E-state index in [-0.39, 0.29) is 6.10 Å². The molecular weight excluding hydrogens is 318 g/mol. The highest BCUT2D eigenvalue weighted by Gasteiger charge is 2.19. The second kappa shape index (κ2) is 6.31. The van der Waals surface area contributed by atoms with Gasteiger partial charge in [0.05, 0.1) is 28.6 Å². The summed E-state index contributed by atoms with van der Waals surface area (Å²) in [5.41, 5.74) is 1.06. The standard InChI is InChI=1S/C14H15N5OS2/c1-2-6-12-11(5-1)15-13(22-12)9-21-14-16-17-18-19(14)8-10-4-3-7-20-10/h1-2,5-6,10H,3-4,7-9H2/t10-/m1/s1. The van der Waals surface area contributed by atoms with E-state index < -0.39 is 0 Å². The average Bonchev–Trinajstić information content (AvgIpc) is 3.26. The van der Waals surface area contributed by atoms with Crippen LogP contribution in [0.2, 0.25) is 0 Å². The summed E-state index contributed by atoms with van der Waals surface area (Å²) in [6.07, 6.45) is 2.45. The van der Waals surface area contributed by atoms with Crippen LogP contribution in [-0.4, -0.2) is 37.9 Å². The highest BCUT2D eigenvalue weighted by Crippen LogP contribution is 2.27. The topological polar surface area (TPSA) is 65.7 Å². The number of fused-ring (bicyclic) bond motifs is 1. The molecule has 0 aliphatic carbocycles. The van der Waals surface area contributed by atoms with Crippen molar-refractivity contribution in [3.05, 3.63) is 29.3 Å². The SMILES string of the molecule is c1ccc2sc(CSc3nnnn3C[C@H]3CCCO3)nc2c1. The van der Waals surface area contributed by atoms with Gasteiger partial charge in [-0.1, -0.05) is 23.9 Å². The summed E-state index contributed by atoms with van der Waals surface area (Å²) in [5, 5.41) is 13.9. The van der Waals surface area contributed by atoms with Gasteiger partial charge in [-0.15, -0.1) is 16.4 Å². The molecule has 0 amide bonds. The maximum atomic E-state index is 5.65. The first-order chi connectivity index (χ1) is 10.9. The number of hydrogen-bond donors (Lipinski definition) is 0. The number of thiazole rings is 1. The molecule has 3 heterocycles. The molecule has 0 unspecified atom stereocenters. The van der Waals surface area contributed by atoms with Crippen molar-refractivity contribution in [3.63, 3.8) is 0 Å².